The van der Waals surface area contributed by atoms with Gasteiger partial charge in [0.1, 0.15) is 0 Å². The minimum atomic E-state index is -4.34. The monoisotopic (exact) mass is 531 g/mol. The maximum atomic E-state index is 12.8. The Kier molecular flexibility index (Phi) is 7.50. The van der Waals surface area contributed by atoms with E-state index in [1.165, 1.54) is 42.6 Å². The number of hydrogen-bond acceptors (Lipinski definition) is 6. The second kappa shape index (κ2) is 10.6. The predicted molar refractivity (Wildman–Crippen MR) is 135 cm³/mol. The molecule has 1 fully saturated rings. The number of rotatable bonds is 6. The Morgan fingerprint density at radius 3 is 1.78 bits per heavy atom. The number of halogens is 3. The van der Waals surface area contributed by atoms with E-state index in [9.17, 15) is 26.4 Å². The molecular formula is C25H24F3N5O3S. The van der Waals surface area contributed by atoms with Gasteiger partial charge in [0.05, 0.1) is 16.7 Å². The van der Waals surface area contributed by atoms with Crippen LogP contribution in [0.2, 0.25) is 0 Å². The van der Waals surface area contributed by atoms with Crippen LogP contribution in [0.5, 0.6) is 0 Å². The summed E-state index contributed by atoms with van der Waals surface area (Å²) in [7, 11) is -3.83. The molecule has 1 aliphatic rings. The van der Waals surface area contributed by atoms with Crippen LogP contribution in [0.25, 0.3) is 0 Å². The molecule has 0 aromatic heterocycles. The SMILES string of the molecule is NS(=O)(=O)c1ccc(C(=O)N/N=C/c2ccc(N3CCN(c4ccc(C(F)(F)F)cc4)CC3)cc2)cc1. The summed E-state index contributed by atoms with van der Waals surface area (Å²) < 4.78 is 60.9. The number of nitrogens with zero attached hydrogens (tertiary/aromatic N) is 3. The van der Waals surface area contributed by atoms with Gasteiger partial charge in [-0.3, -0.25) is 4.79 Å². The van der Waals surface area contributed by atoms with Gasteiger partial charge in [-0.25, -0.2) is 19.0 Å². The van der Waals surface area contributed by atoms with Gasteiger partial charge in [0.2, 0.25) is 10.0 Å². The summed E-state index contributed by atoms with van der Waals surface area (Å²) in [5, 5.41) is 8.98. The van der Waals surface area contributed by atoms with Gasteiger partial charge in [-0.05, 0) is 66.2 Å². The number of nitrogens with two attached hydrogens (primary N) is 1. The van der Waals surface area contributed by atoms with E-state index in [-0.39, 0.29) is 10.5 Å². The molecule has 0 saturated carbocycles. The van der Waals surface area contributed by atoms with E-state index < -0.39 is 27.7 Å². The maximum absolute atomic E-state index is 12.8. The Morgan fingerprint density at radius 2 is 1.32 bits per heavy atom. The van der Waals surface area contributed by atoms with E-state index in [0.717, 1.165) is 42.2 Å². The molecule has 0 bridgehead atoms. The molecule has 3 aromatic carbocycles. The number of alkyl halides is 3. The summed E-state index contributed by atoms with van der Waals surface area (Å²) in [6, 6.07) is 18.0. The van der Waals surface area contributed by atoms with Crippen LogP contribution in [0.3, 0.4) is 0 Å². The van der Waals surface area contributed by atoms with Crippen molar-refractivity contribution in [3.63, 3.8) is 0 Å². The van der Waals surface area contributed by atoms with E-state index in [4.69, 9.17) is 5.14 Å². The number of nitrogens with one attached hydrogen (secondary N) is 1. The van der Waals surface area contributed by atoms with Gasteiger partial charge in [0, 0.05) is 43.1 Å². The molecule has 1 saturated heterocycles. The maximum Gasteiger partial charge on any atom is 0.416 e. The Balaban J connectivity index is 1.28. The Morgan fingerprint density at radius 1 is 0.838 bits per heavy atom. The van der Waals surface area contributed by atoms with Crippen LogP contribution in [-0.2, 0) is 16.2 Å². The molecule has 12 heteroatoms. The van der Waals surface area contributed by atoms with Crippen molar-refractivity contribution in [3.05, 3.63) is 89.5 Å². The lowest BCUT2D eigenvalue weighted by Crippen LogP contribution is -2.46. The smallest absolute Gasteiger partial charge is 0.368 e. The highest BCUT2D eigenvalue weighted by atomic mass is 32.2. The number of carbonyl (C=O) groups excluding carboxylic acids is 1. The molecule has 1 heterocycles. The second-order valence-electron chi connectivity index (χ2n) is 8.38. The van der Waals surface area contributed by atoms with Gasteiger partial charge in [0.15, 0.2) is 0 Å². The second-order valence-corrected chi connectivity index (χ2v) is 9.94. The average Bonchev–Trinajstić information content (AvgIpc) is 2.88. The fraction of sp³-hybridized carbons (Fsp3) is 0.200. The van der Waals surface area contributed by atoms with E-state index in [1.807, 2.05) is 24.3 Å². The highest BCUT2D eigenvalue weighted by Crippen LogP contribution is 2.31. The first-order valence-electron chi connectivity index (χ1n) is 11.2. The molecule has 0 aliphatic carbocycles. The van der Waals surface area contributed by atoms with Gasteiger partial charge in [-0.2, -0.15) is 18.3 Å². The van der Waals surface area contributed by atoms with Crippen molar-refractivity contribution in [1.29, 1.82) is 0 Å². The number of sulfonamides is 1. The molecule has 4 rings (SSSR count). The number of carbonyl (C=O) groups is 1. The normalized spacial score (nSPS) is 14.7. The predicted octanol–water partition coefficient (Wildman–Crippen LogP) is 3.44. The molecule has 8 nitrogen and oxygen atoms in total. The molecule has 0 spiro atoms. The molecule has 194 valence electrons. The van der Waals surface area contributed by atoms with Gasteiger partial charge in [-0.1, -0.05) is 12.1 Å². The van der Waals surface area contributed by atoms with Crippen LogP contribution in [0.1, 0.15) is 21.5 Å². The number of amides is 1. The van der Waals surface area contributed by atoms with Gasteiger partial charge >= 0.3 is 6.18 Å². The Hall–Kier alpha value is -3.90. The van der Waals surface area contributed by atoms with Gasteiger partial charge in [0.25, 0.3) is 5.91 Å². The fourth-order valence-corrected chi connectivity index (χ4v) is 4.40. The van der Waals surface area contributed by atoms with Crippen molar-refractivity contribution in [2.24, 2.45) is 10.2 Å². The summed E-state index contributed by atoms with van der Waals surface area (Å²) in [5.74, 6) is -0.500. The van der Waals surface area contributed by atoms with Crippen molar-refractivity contribution in [2.45, 2.75) is 11.1 Å². The van der Waals surface area contributed by atoms with Crippen LogP contribution in [0.4, 0.5) is 24.5 Å². The standard InChI is InChI=1S/C25H24F3N5O3S/c26-25(27,28)20-5-9-22(10-6-20)33-15-13-32(14-16-33)21-7-1-18(2-8-21)17-30-31-24(34)19-3-11-23(12-4-19)37(29,35)36/h1-12,17H,13-16H2,(H,31,34)(H2,29,35,36)/b30-17+. The van der Waals surface area contributed by atoms with Crippen molar-refractivity contribution < 1.29 is 26.4 Å². The zero-order valence-corrected chi connectivity index (χ0v) is 20.3. The number of anilines is 2. The van der Waals surface area contributed by atoms with Crippen molar-refractivity contribution in [2.75, 3.05) is 36.0 Å². The first-order valence-corrected chi connectivity index (χ1v) is 12.8. The van der Waals surface area contributed by atoms with Crippen molar-refractivity contribution in [3.8, 4) is 0 Å². The zero-order chi connectivity index (χ0) is 26.6. The molecular weight excluding hydrogens is 507 g/mol. The third kappa shape index (κ3) is 6.66. The van der Waals surface area contributed by atoms with Crippen LogP contribution < -0.4 is 20.4 Å². The summed E-state index contributed by atoms with van der Waals surface area (Å²) in [5.41, 5.74) is 4.49. The van der Waals surface area contributed by atoms with Crippen molar-refractivity contribution in [1.82, 2.24) is 5.43 Å². The van der Waals surface area contributed by atoms with E-state index in [0.29, 0.717) is 13.1 Å². The van der Waals surface area contributed by atoms with Crippen LogP contribution in [0.15, 0.2) is 82.8 Å². The number of primary sulfonamides is 1. The lowest BCUT2D eigenvalue weighted by atomic mass is 10.1. The van der Waals surface area contributed by atoms with E-state index >= 15 is 0 Å². The molecule has 0 unspecified atom stereocenters. The minimum Gasteiger partial charge on any atom is -0.368 e. The Labute approximate surface area is 212 Å². The van der Waals surface area contributed by atoms with E-state index in [2.05, 4.69) is 20.3 Å². The molecule has 0 atom stereocenters. The largest absolute Gasteiger partial charge is 0.416 e. The highest BCUT2D eigenvalue weighted by Gasteiger charge is 2.30. The molecule has 37 heavy (non-hydrogen) atoms. The zero-order valence-electron chi connectivity index (χ0n) is 19.5. The van der Waals surface area contributed by atoms with Crippen LogP contribution in [0, 0.1) is 0 Å². The summed E-state index contributed by atoms with van der Waals surface area (Å²) >= 11 is 0. The van der Waals surface area contributed by atoms with Gasteiger partial charge in [-0.15, -0.1) is 0 Å². The average molecular weight is 532 g/mol. The topological polar surface area (TPSA) is 108 Å². The molecule has 0 radical (unpaired) electrons. The van der Waals surface area contributed by atoms with Crippen LogP contribution in [-0.4, -0.2) is 46.7 Å². The molecule has 3 aromatic rings. The highest BCUT2D eigenvalue weighted by molar-refractivity contribution is 7.89. The first kappa shape index (κ1) is 26.2. The lowest BCUT2D eigenvalue weighted by molar-refractivity contribution is -0.137. The molecule has 3 N–H and O–H groups in total. The van der Waals surface area contributed by atoms with Crippen molar-refractivity contribution >= 4 is 33.5 Å². The van der Waals surface area contributed by atoms with E-state index in [1.54, 1.807) is 0 Å². The summed E-state index contributed by atoms with van der Waals surface area (Å²) in [6.45, 7) is 2.79. The Bertz CT molecular complexity index is 1370. The number of piperazine rings is 1. The number of benzene rings is 3. The minimum absolute atomic E-state index is 0.0892. The fourth-order valence-electron chi connectivity index (χ4n) is 3.88. The third-order valence-electron chi connectivity index (χ3n) is 5.92. The third-order valence-corrected chi connectivity index (χ3v) is 6.85. The summed E-state index contributed by atoms with van der Waals surface area (Å²) in [4.78, 5) is 16.3. The van der Waals surface area contributed by atoms with Gasteiger partial charge < -0.3 is 9.80 Å². The summed E-state index contributed by atoms with van der Waals surface area (Å²) in [6.07, 6.45) is -2.85. The lowest BCUT2D eigenvalue weighted by Gasteiger charge is -2.37. The molecule has 1 amide bonds. The molecule has 1 aliphatic heterocycles. The quantitative estimate of drug-likeness (QED) is 0.374. The number of hydrogen-bond donors (Lipinski definition) is 2. The number of hydrazone groups is 1. The first-order chi connectivity index (χ1) is 17.5. The van der Waals surface area contributed by atoms with Crippen LogP contribution >= 0.6 is 0 Å².